The number of aromatic amines is 1. The maximum absolute atomic E-state index is 13.3. The molecule has 1 amide bonds. The Morgan fingerprint density at radius 2 is 1.76 bits per heavy atom. The third-order valence-electron chi connectivity index (χ3n) is 5.69. The predicted octanol–water partition coefficient (Wildman–Crippen LogP) is 3.60. The number of nitrogens with zero attached hydrogens (tertiary/aromatic N) is 3. The van der Waals surface area contributed by atoms with Crippen LogP contribution in [0, 0.1) is 0 Å². The molecule has 2 aromatic carbocycles. The Kier molecular flexibility index (Phi) is 5.21. The fourth-order valence-corrected chi connectivity index (χ4v) is 4.09. The topological polar surface area (TPSA) is 118 Å². The highest BCUT2D eigenvalue weighted by Gasteiger charge is 2.48. The quantitative estimate of drug-likeness (QED) is 0.268. The summed E-state index contributed by atoms with van der Waals surface area (Å²) < 4.78 is 10.7. The van der Waals surface area contributed by atoms with Gasteiger partial charge in [0.15, 0.2) is 11.5 Å². The van der Waals surface area contributed by atoms with Crippen LogP contribution < -0.4 is 14.4 Å². The number of aliphatic hydroxyl groups excluding tert-OH is 1. The van der Waals surface area contributed by atoms with Crippen LogP contribution in [-0.2, 0) is 9.59 Å². The Balaban J connectivity index is 1.71. The van der Waals surface area contributed by atoms with E-state index in [4.69, 9.17) is 9.47 Å². The van der Waals surface area contributed by atoms with Crippen LogP contribution in [0.3, 0.4) is 0 Å². The lowest BCUT2D eigenvalue weighted by molar-refractivity contribution is -0.132. The minimum atomic E-state index is -0.932. The first-order chi connectivity index (χ1) is 16.5. The second-order valence-electron chi connectivity index (χ2n) is 7.61. The number of fused-ring (bicyclic) bond motifs is 1. The summed E-state index contributed by atoms with van der Waals surface area (Å²) >= 11 is 0. The van der Waals surface area contributed by atoms with E-state index in [1.807, 2.05) is 0 Å². The van der Waals surface area contributed by atoms with E-state index in [1.165, 1.54) is 19.1 Å². The van der Waals surface area contributed by atoms with Crippen LogP contribution in [0.15, 0.2) is 72.6 Å². The Labute approximate surface area is 194 Å². The number of pyridine rings is 1. The van der Waals surface area contributed by atoms with Gasteiger partial charge in [-0.25, -0.2) is 4.98 Å². The van der Waals surface area contributed by atoms with E-state index in [2.05, 4.69) is 15.0 Å². The molecule has 3 heterocycles. The summed E-state index contributed by atoms with van der Waals surface area (Å²) in [6.07, 6.45) is 3.14. The number of carbonyl (C=O) groups excluding carboxylic acids is 2. The van der Waals surface area contributed by atoms with Gasteiger partial charge in [0.25, 0.3) is 5.78 Å². The molecule has 4 aromatic rings. The van der Waals surface area contributed by atoms with Crippen LogP contribution in [-0.4, -0.2) is 46.0 Å². The van der Waals surface area contributed by atoms with E-state index in [0.717, 1.165) is 0 Å². The van der Waals surface area contributed by atoms with Gasteiger partial charge in [0, 0.05) is 30.1 Å². The summed E-state index contributed by atoms with van der Waals surface area (Å²) in [5, 5.41) is 11.1. The number of aromatic nitrogens is 3. The van der Waals surface area contributed by atoms with Gasteiger partial charge < -0.3 is 19.6 Å². The molecule has 0 saturated carbocycles. The number of H-pyrrole nitrogens is 1. The van der Waals surface area contributed by atoms with E-state index in [-0.39, 0.29) is 17.3 Å². The Hall–Kier alpha value is -4.66. The number of benzene rings is 2. The molecule has 1 fully saturated rings. The van der Waals surface area contributed by atoms with Crippen molar-refractivity contribution in [2.45, 2.75) is 6.04 Å². The monoisotopic (exact) mass is 456 g/mol. The zero-order valence-corrected chi connectivity index (χ0v) is 18.4. The van der Waals surface area contributed by atoms with Gasteiger partial charge in [-0.05, 0) is 11.6 Å². The molecule has 9 nitrogen and oxygen atoms in total. The van der Waals surface area contributed by atoms with Gasteiger partial charge in [0.1, 0.15) is 5.76 Å². The number of anilines is 1. The number of hydrogen-bond acceptors (Lipinski definition) is 7. The lowest BCUT2D eigenvalue weighted by Crippen LogP contribution is -2.30. The number of Topliss-reactive ketones (excluding diaryl/α,β-unsaturated/α-hetero) is 1. The second-order valence-corrected chi connectivity index (χ2v) is 7.61. The molecular formula is C25H20N4O5. The summed E-state index contributed by atoms with van der Waals surface area (Å²) in [5.41, 5.74) is 2.04. The normalized spacial score (nSPS) is 17.4. The fourth-order valence-electron chi connectivity index (χ4n) is 4.09. The van der Waals surface area contributed by atoms with Gasteiger partial charge in [-0.15, -0.1) is 0 Å². The minimum absolute atomic E-state index is 0.0418. The van der Waals surface area contributed by atoms with Crippen LogP contribution in [0.25, 0.3) is 16.8 Å². The van der Waals surface area contributed by atoms with Crippen molar-refractivity contribution in [1.82, 2.24) is 15.0 Å². The van der Waals surface area contributed by atoms with Crippen molar-refractivity contribution < 1.29 is 24.2 Å². The number of methoxy groups -OCH3 is 2. The first-order valence-corrected chi connectivity index (χ1v) is 10.4. The average Bonchev–Trinajstić information content (AvgIpc) is 3.41. The standard InChI is InChI=1S/C25H20N4O5/c1-33-18-11-16-17(12-19(18)34-2)28-25(27-16)29-21(15-9-6-10-26-13-15)20(23(31)24(29)32)22(30)14-7-4-3-5-8-14/h3-13,21,30H,1-2H3,(H,27,28)/b22-20+. The van der Waals surface area contributed by atoms with Crippen molar-refractivity contribution in [1.29, 1.82) is 0 Å². The summed E-state index contributed by atoms with van der Waals surface area (Å²) in [4.78, 5) is 39.5. The third kappa shape index (κ3) is 3.34. The van der Waals surface area contributed by atoms with Gasteiger partial charge in [-0.1, -0.05) is 36.4 Å². The molecule has 0 spiro atoms. The molecule has 170 valence electrons. The van der Waals surface area contributed by atoms with E-state index in [0.29, 0.717) is 33.7 Å². The number of ketones is 1. The number of aliphatic hydroxyl groups is 1. The molecule has 0 bridgehead atoms. The molecule has 5 rings (SSSR count). The fraction of sp³-hybridized carbons (Fsp3) is 0.120. The van der Waals surface area contributed by atoms with Crippen LogP contribution in [0.5, 0.6) is 11.5 Å². The van der Waals surface area contributed by atoms with Gasteiger partial charge in [-0.3, -0.25) is 19.5 Å². The molecule has 1 aliphatic heterocycles. The Morgan fingerprint density at radius 1 is 1.03 bits per heavy atom. The predicted molar refractivity (Wildman–Crippen MR) is 125 cm³/mol. The first-order valence-electron chi connectivity index (χ1n) is 10.4. The molecule has 34 heavy (non-hydrogen) atoms. The van der Waals surface area contributed by atoms with Gasteiger partial charge in [-0.2, -0.15) is 0 Å². The Morgan fingerprint density at radius 3 is 2.44 bits per heavy atom. The minimum Gasteiger partial charge on any atom is -0.507 e. The van der Waals surface area contributed by atoms with Crippen LogP contribution in [0.1, 0.15) is 17.2 Å². The number of imidazole rings is 1. The van der Waals surface area contributed by atoms with E-state index in [1.54, 1.807) is 67.0 Å². The van der Waals surface area contributed by atoms with Crippen LogP contribution >= 0.6 is 0 Å². The molecule has 0 aliphatic carbocycles. The van der Waals surface area contributed by atoms with Crippen molar-refractivity contribution in [3.05, 3.63) is 83.7 Å². The molecule has 2 aromatic heterocycles. The average molecular weight is 456 g/mol. The number of carbonyl (C=O) groups is 2. The molecule has 2 N–H and O–H groups in total. The largest absolute Gasteiger partial charge is 0.507 e. The summed E-state index contributed by atoms with van der Waals surface area (Å²) in [5.74, 6) is -0.790. The molecule has 0 radical (unpaired) electrons. The SMILES string of the molecule is COc1cc2nc(N3C(=O)C(=O)/C(=C(/O)c4ccccc4)C3c3cccnc3)[nH]c2cc1OC. The van der Waals surface area contributed by atoms with Crippen molar-refractivity contribution in [3.63, 3.8) is 0 Å². The highest BCUT2D eigenvalue weighted by molar-refractivity contribution is 6.51. The van der Waals surface area contributed by atoms with Gasteiger partial charge in [0.2, 0.25) is 5.95 Å². The molecule has 1 unspecified atom stereocenters. The lowest BCUT2D eigenvalue weighted by Gasteiger charge is -2.22. The van der Waals surface area contributed by atoms with E-state index in [9.17, 15) is 14.7 Å². The smallest absolute Gasteiger partial charge is 0.302 e. The third-order valence-corrected chi connectivity index (χ3v) is 5.69. The first kappa shape index (κ1) is 21.2. The number of hydrogen-bond donors (Lipinski definition) is 2. The van der Waals surface area contributed by atoms with Crippen LogP contribution in [0.4, 0.5) is 5.95 Å². The van der Waals surface area contributed by atoms with Gasteiger partial charge in [0.05, 0.1) is 36.9 Å². The summed E-state index contributed by atoms with van der Waals surface area (Å²) in [6.45, 7) is 0. The van der Waals surface area contributed by atoms with Crippen molar-refractivity contribution in [2.24, 2.45) is 0 Å². The zero-order valence-electron chi connectivity index (χ0n) is 18.4. The molecule has 1 aliphatic rings. The summed E-state index contributed by atoms with van der Waals surface area (Å²) in [7, 11) is 3.03. The maximum atomic E-state index is 13.3. The van der Waals surface area contributed by atoms with Gasteiger partial charge >= 0.3 is 5.91 Å². The van der Waals surface area contributed by atoms with E-state index >= 15 is 0 Å². The number of nitrogens with one attached hydrogen (secondary N) is 1. The highest BCUT2D eigenvalue weighted by atomic mass is 16.5. The number of ether oxygens (including phenoxy) is 2. The van der Waals surface area contributed by atoms with E-state index < -0.39 is 17.7 Å². The maximum Gasteiger partial charge on any atom is 0.302 e. The van der Waals surface area contributed by atoms with Crippen molar-refractivity contribution in [2.75, 3.05) is 19.1 Å². The molecule has 1 atom stereocenters. The summed E-state index contributed by atoms with van der Waals surface area (Å²) in [6, 6.07) is 14.5. The number of rotatable bonds is 5. The Bertz CT molecular complexity index is 1390. The second kappa shape index (κ2) is 8.36. The molecule has 9 heteroatoms. The molecule has 1 saturated heterocycles. The van der Waals surface area contributed by atoms with Crippen LogP contribution in [0.2, 0.25) is 0 Å². The van der Waals surface area contributed by atoms with Crippen molar-refractivity contribution >= 4 is 34.4 Å². The highest BCUT2D eigenvalue weighted by Crippen LogP contribution is 2.42. The zero-order chi connectivity index (χ0) is 23.8. The van der Waals surface area contributed by atoms with Crippen molar-refractivity contribution in [3.8, 4) is 11.5 Å². The molecular weight excluding hydrogens is 436 g/mol. The number of amides is 1. The lowest BCUT2D eigenvalue weighted by atomic mass is 9.96.